The molecule has 0 fully saturated rings. The number of allylic oxidation sites excluding steroid dienone is 2. The summed E-state index contributed by atoms with van der Waals surface area (Å²) in [7, 11) is -3.65. The normalized spacial score (nSPS) is 13.9. The van der Waals surface area contributed by atoms with Crippen molar-refractivity contribution in [1.29, 1.82) is 0 Å². The number of sulfonamides is 1. The molecule has 0 saturated heterocycles. The van der Waals surface area contributed by atoms with Gasteiger partial charge < -0.3 is 0 Å². The molecule has 0 atom stereocenters. The molecule has 0 spiro atoms. The van der Waals surface area contributed by atoms with Crippen molar-refractivity contribution in [2.24, 2.45) is 0 Å². The molecule has 26 heavy (non-hydrogen) atoms. The summed E-state index contributed by atoms with van der Waals surface area (Å²) in [5, 5.41) is 1.90. The highest BCUT2D eigenvalue weighted by Gasteiger charge is 2.22. The first kappa shape index (κ1) is 16.9. The van der Waals surface area contributed by atoms with Crippen molar-refractivity contribution in [3.05, 3.63) is 77.4 Å². The van der Waals surface area contributed by atoms with Crippen LogP contribution in [0.5, 0.6) is 0 Å². The minimum atomic E-state index is -3.65. The smallest absolute Gasteiger partial charge is 0.261 e. The third-order valence-corrected chi connectivity index (χ3v) is 6.44. The Kier molecular flexibility index (Phi) is 4.08. The van der Waals surface area contributed by atoms with Crippen LogP contribution in [0.2, 0.25) is 0 Å². The van der Waals surface area contributed by atoms with Crippen LogP contribution in [-0.4, -0.2) is 8.42 Å². The van der Waals surface area contributed by atoms with Gasteiger partial charge in [-0.1, -0.05) is 55.0 Å². The number of anilines is 1. The summed E-state index contributed by atoms with van der Waals surface area (Å²) < 4.78 is 28.8. The maximum Gasteiger partial charge on any atom is 0.261 e. The van der Waals surface area contributed by atoms with Crippen molar-refractivity contribution in [3.63, 3.8) is 0 Å². The van der Waals surface area contributed by atoms with E-state index in [0.29, 0.717) is 10.6 Å². The van der Waals surface area contributed by atoms with E-state index < -0.39 is 10.0 Å². The Balaban J connectivity index is 1.75. The zero-order valence-corrected chi connectivity index (χ0v) is 15.7. The second-order valence-corrected chi connectivity index (χ2v) is 8.42. The fourth-order valence-electron chi connectivity index (χ4n) is 3.79. The minimum Gasteiger partial charge on any atom is -0.279 e. The third kappa shape index (κ3) is 2.80. The SMILES string of the molecule is CCC1=C(C)Cc2ccc(S(=O)(=O)Nc3cccc4ccccc34)cc21. The summed E-state index contributed by atoms with van der Waals surface area (Å²) in [6, 6.07) is 18.9. The van der Waals surface area contributed by atoms with Gasteiger partial charge in [-0.25, -0.2) is 8.42 Å². The van der Waals surface area contributed by atoms with Gasteiger partial charge >= 0.3 is 0 Å². The quantitative estimate of drug-likeness (QED) is 0.676. The van der Waals surface area contributed by atoms with Gasteiger partial charge in [0.15, 0.2) is 0 Å². The fraction of sp³-hybridized carbons (Fsp3) is 0.182. The van der Waals surface area contributed by atoms with Crippen molar-refractivity contribution in [2.75, 3.05) is 4.72 Å². The Morgan fingerprint density at radius 2 is 1.77 bits per heavy atom. The summed E-state index contributed by atoms with van der Waals surface area (Å²) in [6.07, 6.45) is 1.83. The molecule has 0 unspecified atom stereocenters. The van der Waals surface area contributed by atoms with Gasteiger partial charge in [-0.2, -0.15) is 0 Å². The van der Waals surface area contributed by atoms with Gasteiger partial charge in [-0.3, -0.25) is 4.72 Å². The van der Waals surface area contributed by atoms with Crippen molar-refractivity contribution in [2.45, 2.75) is 31.6 Å². The molecule has 1 aliphatic rings. The zero-order valence-electron chi connectivity index (χ0n) is 14.9. The van der Waals surface area contributed by atoms with Crippen LogP contribution >= 0.6 is 0 Å². The molecule has 0 radical (unpaired) electrons. The molecule has 0 heterocycles. The van der Waals surface area contributed by atoms with Crippen molar-refractivity contribution in [3.8, 4) is 0 Å². The Labute approximate surface area is 154 Å². The molecular weight excluding hydrogens is 342 g/mol. The highest BCUT2D eigenvalue weighted by atomic mass is 32.2. The predicted octanol–water partition coefficient (Wildman–Crippen LogP) is 5.38. The molecule has 3 aromatic rings. The number of hydrogen-bond donors (Lipinski definition) is 1. The topological polar surface area (TPSA) is 46.2 Å². The Hall–Kier alpha value is -2.59. The van der Waals surface area contributed by atoms with E-state index in [9.17, 15) is 8.42 Å². The van der Waals surface area contributed by atoms with E-state index in [2.05, 4.69) is 18.6 Å². The minimum absolute atomic E-state index is 0.310. The summed E-state index contributed by atoms with van der Waals surface area (Å²) >= 11 is 0. The number of fused-ring (bicyclic) bond motifs is 2. The van der Waals surface area contributed by atoms with Crippen LogP contribution < -0.4 is 4.72 Å². The van der Waals surface area contributed by atoms with Gasteiger partial charge in [0.2, 0.25) is 0 Å². The molecule has 4 rings (SSSR count). The standard InChI is InChI=1S/C22H21NO2S/c1-3-19-15(2)13-17-11-12-18(14-21(17)19)26(24,25)23-22-10-6-8-16-7-4-5-9-20(16)22/h4-12,14,23H,3,13H2,1-2H3. The van der Waals surface area contributed by atoms with E-state index >= 15 is 0 Å². The largest absolute Gasteiger partial charge is 0.279 e. The molecule has 1 aliphatic carbocycles. The van der Waals surface area contributed by atoms with Crippen LogP contribution in [0.15, 0.2) is 71.1 Å². The summed E-state index contributed by atoms with van der Waals surface area (Å²) in [4.78, 5) is 0.310. The molecule has 0 aliphatic heterocycles. The monoisotopic (exact) mass is 363 g/mol. The number of benzene rings is 3. The van der Waals surface area contributed by atoms with Crippen LogP contribution in [0.4, 0.5) is 5.69 Å². The zero-order chi connectivity index (χ0) is 18.3. The molecule has 3 nitrogen and oxygen atoms in total. The van der Waals surface area contributed by atoms with Crippen molar-refractivity contribution >= 4 is 32.1 Å². The maximum atomic E-state index is 13.0. The van der Waals surface area contributed by atoms with Crippen molar-refractivity contribution < 1.29 is 8.42 Å². The van der Waals surface area contributed by atoms with Crippen molar-refractivity contribution in [1.82, 2.24) is 0 Å². The third-order valence-electron chi connectivity index (χ3n) is 5.08. The lowest BCUT2D eigenvalue weighted by Crippen LogP contribution is -2.13. The van der Waals surface area contributed by atoms with Gasteiger partial charge in [-0.05, 0) is 60.1 Å². The Morgan fingerprint density at radius 3 is 2.58 bits per heavy atom. The van der Waals surface area contributed by atoms with Crippen LogP contribution in [0.3, 0.4) is 0 Å². The maximum absolute atomic E-state index is 13.0. The highest BCUT2D eigenvalue weighted by molar-refractivity contribution is 7.92. The molecule has 0 saturated carbocycles. The van der Waals surface area contributed by atoms with E-state index in [1.165, 1.54) is 16.7 Å². The number of rotatable bonds is 4. The van der Waals surface area contributed by atoms with Gasteiger partial charge in [0.1, 0.15) is 0 Å². The lowest BCUT2D eigenvalue weighted by molar-refractivity contribution is 0.601. The molecule has 4 heteroatoms. The second-order valence-electron chi connectivity index (χ2n) is 6.74. The first-order valence-corrected chi connectivity index (χ1v) is 10.3. The average Bonchev–Trinajstić information content (AvgIpc) is 2.96. The van der Waals surface area contributed by atoms with E-state index in [1.807, 2.05) is 48.5 Å². The molecule has 132 valence electrons. The van der Waals surface area contributed by atoms with E-state index in [1.54, 1.807) is 12.1 Å². The lowest BCUT2D eigenvalue weighted by Gasteiger charge is -2.12. The van der Waals surface area contributed by atoms with Crippen LogP contribution in [-0.2, 0) is 16.4 Å². The summed E-state index contributed by atoms with van der Waals surface area (Å²) in [6.45, 7) is 4.24. The van der Waals surface area contributed by atoms with Crippen LogP contribution in [0, 0.1) is 0 Å². The van der Waals surface area contributed by atoms with Gasteiger partial charge in [-0.15, -0.1) is 0 Å². The van der Waals surface area contributed by atoms with E-state index in [4.69, 9.17) is 0 Å². The van der Waals surface area contributed by atoms with Gasteiger partial charge in [0, 0.05) is 5.39 Å². The molecule has 0 amide bonds. The van der Waals surface area contributed by atoms with Crippen LogP contribution in [0.25, 0.3) is 16.3 Å². The lowest BCUT2D eigenvalue weighted by atomic mass is 10.0. The highest BCUT2D eigenvalue weighted by Crippen LogP contribution is 2.36. The molecule has 0 bridgehead atoms. The Morgan fingerprint density at radius 1 is 1.00 bits per heavy atom. The summed E-state index contributed by atoms with van der Waals surface area (Å²) in [5.74, 6) is 0. The average molecular weight is 363 g/mol. The van der Waals surface area contributed by atoms with E-state index in [0.717, 1.165) is 29.2 Å². The molecular formula is C22H21NO2S. The van der Waals surface area contributed by atoms with Gasteiger partial charge in [0.25, 0.3) is 10.0 Å². The molecule has 0 aromatic heterocycles. The van der Waals surface area contributed by atoms with E-state index in [-0.39, 0.29) is 0 Å². The number of hydrogen-bond acceptors (Lipinski definition) is 2. The molecule has 1 N–H and O–H groups in total. The second kappa shape index (κ2) is 6.29. The first-order chi connectivity index (χ1) is 12.5. The predicted molar refractivity (Wildman–Crippen MR) is 108 cm³/mol. The van der Waals surface area contributed by atoms with Gasteiger partial charge in [0.05, 0.1) is 10.6 Å². The number of nitrogens with one attached hydrogen (secondary N) is 1. The molecule has 3 aromatic carbocycles. The van der Waals surface area contributed by atoms with Crippen LogP contribution in [0.1, 0.15) is 31.4 Å². The Bertz CT molecular complexity index is 1140. The fourth-order valence-corrected chi connectivity index (χ4v) is 4.90. The summed E-state index contributed by atoms with van der Waals surface area (Å²) in [5.41, 5.74) is 5.49. The first-order valence-electron chi connectivity index (χ1n) is 8.82.